The van der Waals surface area contributed by atoms with Crippen LogP contribution in [0.25, 0.3) is 22.1 Å². The van der Waals surface area contributed by atoms with E-state index in [9.17, 15) is 14.7 Å². The molecule has 4 rings (SSSR count). The van der Waals surface area contributed by atoms with Crippen LogP contribution >= 0.6 is 0 Å². The third-order valence-electron chi connectivity index (χ3n) is 5.46. The first kappa shape index (κ1) is 23.9. The Morgan fingerprint density at radius 2 is 1.83 bits per heavy atom. The summed E-state index contributed by atoms with van der Waals surface area (Å²) in [5.74, 6) is -1.96. The van der Waals surface area contributed by atoms with Gasteiger partial charge in [0.2, 0.25) is 0 Å². The number of halogens is 1. The Labute approximate surface area is 199 Å². The number of nitrogens with zero attached hydrogens (tertiary/aromatic N) is 1. The number of carboxylic acids is 2. The number of aliphatic carboxylic acids is 2. The largest absolute Gasteiger partial charge is 0.489 e. The number of hydrogen-bond acceptors (Lipinski definition) is 6. The second-order valence-electron chi connectivity index (χ2n) is 8.14. The first-order valence-corrected chi connectivity index (χ1v) is 10.8. The van der Waals surface area contributed by atoms with Crippen LogP contribution in [0.15, 0.2) is 53.1 Å². The smallest absolute Gasteiger partial charge is 0.311 e. The van der Waals surface area contributed by atoms with Crippen molar-refractivity contribution in [3.05, 3.63) is 82.6 Å². The van der Waals surface area contributed by atoms with Crippen molar-refractivity contribution >= 4 is 22.9 Å². The molecule has 2 aromatic carbocycles. The number of ether oxygens (including phenoxy) is 1. The fourth-order valence-corrected chi connectivity index (χ4v) is 3.89. The summed E-state index contributed by atoms with van der Waals surface area (Å²) in [7, 11) is 0. The van der Waals surface area contributed by atoms with Crippen molar-refractivity contribution in [3.8, 4) is 16.9 Å². The molecule has 0 radical (unpaired) electrons. The molecule has 0 aliphatic heterocycles. The maximum atomic E-state index is 15.1. The number of aryl methyl sites for hydroxylation is 1. The van der Waals surface area contributed by atoms with Crippen molar-refractivity contribution < 1.29 is 33.3 Å². The zero-order valence-corrected chi connectivity index (χ0v) is 18.9. The van der Waals surface area contributed by atoms with Gasteiger partial charge >= 0.3 is 11.9 Å². The highest BCUT2D eigenvalue weighted by atomic mass is 19.1. The van der Waals surface area contributed by atoms with Crippen LogP contribution in [-0.4, -0.2) is 27.1 Å². The van der Waals surface area contributed by atoms with E-state index in [-0.39, 0.29) is 43.0 Å². The van der Waals surface area contributed by atoms with Gasteiger partial charge in [0, 0.05) is 34.8 Å². The van der Waals surface area contributed by atoms with Crippen molar-refractivity contribution in [2.45, 2.75) is 32.9 Å². The molecule has 9 heteroatoms. The fraction of sp³-hybridized carbons (Fsp3) is 0.192. The number of fused-ring (bicyclic) bond motifs is 1. The van der Waals surface area contributed by atoms with Crippen molar-refractivity contribution in [3.63, 3.8) is 0 Å². The van der Waals surface area contributed by atoms with Gasteiger partial charge in [-0.2, -0.15) is 0 Å². The van der Waals surface area contributed by atoms with E-state index in [2.05, 4.69) is 4.98 Å². The molecule has 35 heavy (non-hydrogen) atoms. The van der Waals surface area contributed by atoms with Gasteiger partial charge in [-0.15, -0.1) is 0 Å². The third-order valence-corrected chi connectivity index (χ3v) is 5.46. The number of nitrogens with two attached hydrogens (primary N) is 1. The second kappa shape index (κ2) is 9.94. The lowest BCUT2D eigenvalue weighted by atomic mass is 10.00. The summed E-state index contributed by atoms with van der Waals surface area (Å²) in [6, 6.07) is 11.8. The minimum Gasteiger partial charge on any atom is -0.489 e. The standard InChI is InChI=1S/C26H23FN2O6/c1-14-2-3-16(10-23(30)31)22(6-14)34-13-15-7-17-9-18(11-24(32)33)35-26(17)20(8-15)19-4-5-29-21(12-28)25(19)27/h2-9H,10-13,28H2,1H3,(H,30,31)(H,32,33). The highest BCUT2D eigenvalue weighted by Crippen LogP contribution is 2.35. The van der Waals surface area contributed by atoms with Crippen LogP contribution in [0.5, 0.6) is 5.75 Å². The molecule has 4 N–H and O–H groups in total. The van der Waals surface area contributed by atoms with Crippen molar-refractivity contribution in [1.29, 1.82) is 0 Å². The molecule has 0 unspecified atom stereocenters. The monoisotopic (exact) mass is 478 g/mol. The maximum Gasteiger partial charge on any atom is 0.311 e. The van der Waals surface area contributed by atoms with Gasteiger partial charge in [0.05, 0.1) is 12.1 Å². The van der Waals surface area contributed by atoms with Crippen molar-refractivity contribution in [2.75, 3.05) is 0 Å². The first-order valence-electron chi connectivity index (χ1n) is 10.8. The zero-order valence-electron chi connectivity index (χ0n) is 18.9. The summed E-state index contributed by atoms with van der Waals surface area (Å²) < 4.78 is 26.9. The van der Waals surface area contributed by atoms with Gasteiger partial charge in [0.1, 0.15) is 30.1 Å². The van der Waals surface area contributed by atoms with Crippen LogP contribution in [0.1, 0.15) is 28.1 Å². The SMILES string of the molecule is Cc1ccc(CC(=O)O)c(OCc2cc(-c3ccnc(CN)c3F)c3oc(CC(=O)O)cc3c2)c1. The maximum absolute atomic E-state index is 15.1. The minimum absolute atomic E-state index is 0.0644. The first-order chi connectivity index (χ1) is 16.7. The van der Waals surface area contributed by atoms with Gasteiger partial charge < -0.3 is 25.1 Å². The predicted octanol–water partition coefficient (Wildman–Crippen LogP) is 4.23. The number of pyridine rings is 1. The number of carboxylic acid groups (broad SMARTS) is 2. The Hall–Kier alpha value is -4.24. The number of rotatable bonds is 9. The summed E-state index contributed by atoms with van der Waals surface area (Å²) in [5, 5.41) is 18.9. The van der Waals surface area contributed by atoms with Crippen LogP contribution in [0.3, 0.4) is 0 Å². The molecule has 0 saturated carbocycles. The number of carbonyl (C=O) groups is 2. The predicted molar refractivity (Wildman–Crippen MR) is 125 cm³/mol. The zero-order chi connectivity index (χ0) is 25.1. The summed E-state index contributed by atoms with van der Waals surface area (Å²) >= 11 is 0. The van der Waals surface area contributed by atoms with Crippen LogP contribution in [0.2, 0.25) is 0 Å². The summed E-state index contributed by atoms with van der Waals surface area (Å²) in [5.41, 5.74) is 8.76. The van der Waals surface area contributed by atoms with Crippen LogP contribution < -0.4 is 10.5 Å². The van der Waals surface area contributed by atoms with Gasteiger partial charge in [-0.1, -0.05) is 12.1 Å². The minimum atomic E-state index is -1.06. The lowest BCUT2D eigenvalue weighted by Crippen LogP contribution is -2.05. The molecule has 0 bridgehead atoms. The number of benzene rings is 2. The molecule has 0 spiro atoms. The molecule has 8 nitrogen and oxygen atoms in total. The summed E-state index contributed by atoms with van der Waals surface area (Å²) in [6.07, 6.45) is 0.931. The molecule has 0 aliphatic rings. The Morgan fingerprint density at radius 3 is 2.54 bits per heavy atom. The van der Waals surface area contributed by atoms with Crippen LogP contribution in [-0.2, 0) is 35.6 Å². The molecular weight excluding hydrogens is 455 g/mol. The van der Waals surface area contributed by atoms with E-state index >= 15 is 4.39 Å². The van der Waals surface area contributed by atoms with Crippen molar-refractivity contribution in [2.24, 2.45) is 5.73 Å². The summed E-state index contributed by atoms with van der Waals surface area (Å²) in [6.45, 7) is 1.85. The van der Waals surface area contributed by atoms with Crippen LogP contribution in [0, 0.1) is 12.7 Å². The van der Waals surface area contributed by atoms with E-state index in [4.69, 9.17) is 20.0 Å². The molecule has 2 aromatic heterocycles. The van der Waals surface area contributed by atoms with Crippen LogP contribution in [0.4, 0.5) is 4.39 Å². The molecule has 0 amide bonds. The highest BCUT2D eigenvalue weighted by molar-refractivity contribution is 5.94. The molecule has 0 fully saturated rings. The Bertz CT molecular complexity index is 1430. The highest BCUT2D eigenvalue weighted by Gasteiger charge is 2.19. The molecule has 4 aromatic rings. The lowest BCUT2D eigenvalue weighted by molar-refractivity contribution is -0.137. The average Bonchev–Trinajstić information content (AvgIpc) is 3.20. The molecule has 0 aliphatic carbocycles. The molecule has 0 saturated heterocycles. The number of hydrogen-bond donors (Lipinski definition) is 3. The number of aromatic nitrogens is 1. The second-order valence-corrected chi connectivity index (χ2v) is 8.14. The normalized spacial score (nSPS) is 11.1. The lowest BCUT2D eigenvalue weighted by Gasteiger charge is -2.13. The van der Waals surface area contributed by atoms with Gasteiger partial charge in [-0.25, -0.2) is 4.39 Å². The van der Waals surface area contributed by atoms with E-state index in [1.54, 1.807) is 30.3 Å². The molecular formula is C26H23FN2O6. The van der Waals surface area contributed by atoms with Gasteiger partial charge in [-0.05, 0) is 48.4 Å². The molecule has 2 heterocycles. The summed E-state index contributed by atoms with van der Waals surface area (Å²) in [4.78, 5) is 26.4. The Balaban J connectivity index is 1.78. The quantitative estimate of drug-likeness (QED) is 0.325. The molecule has 180 valence electrons. The van der Waals surface area contributed by atoms with Gasteiger partial charge in [0.25, 0.3) is 0 Å². The van der Waals surface area contributed by atoms with E-state index in [1.165, 1.54) is 12.3 Å². The van der Waals surface area contributed by atoms with E-state index in [1.807, 2.05) is 13.0 Å². The topological polar surface area (TPSA) is 136 Å². The van der Waals surface area contributed by atoms with Crippen molar-refractivity contribution in [1.82, 2.24) is 4.98 Å². The Kier molecular flexibility index (Phi) is 6.79. The Morgan fingerprint density at radius 1 is 1.06 bits per heavy atom. The van der Waals surface area contributed by atoms with Gasteiger partial charge in [-0.3, -0.25) is 14.6 Å². The average molecular weight is 478 g/mol. The third kappa shape index (κ3) is 5.30. The fourth-order valence-electron chi connectivity index (χ4n) is 3.89. The number of furan rings is 1. The van der Waals surface area contributed by atoms with E-state index in [0.717, 1.165) is 5.56 Å². The van der Waals surface area contributed by atoms with E-state index < -0.39 is 17.8 Å². The van der Waals surface area contributed by atoms with Gasteiger partial charge in [0.15, 0.2) is 5.82 Å². The van der Waals surface area contributed by atoms with E-state index in [0.29, 0.717) is 33.4 Å². The molecule has 0 atom stereocenters.